The van der Waals surface area contributed by atoms with Crippen LogP contribution in [0, 0.1) is 6.92 Å². The summed E-state index contributed by atoms with van der Waals surface area (Å²) in [6, 6.07) is 6.11. The molecule has 0 aliphatic heterocycles. The van der Waals surface area contributed by atoms with Crippen LogP contribution in [0.15, 0.2) is 29.0 Å². The van der Waals surface area contributed by atoms with Gasteiger partial charge in [-0.25, -0.2) is 4.98 Å². The zero-order chi connectivity index (χ0) is 12.4. The van der Waals surface area contributed by atoms with E-state index in [-0.39, 0.29) is 6.04 Å². The van der Waals surface area contributed by atoms with Crippen LogP contribution in [-0.2, 0) is 13.5 Å². The topological polar surface area (TPSA) is 56.7 Å². The molecule has 0 bridgehead atoms. The van der Waals surface area contributed by atoms with E-state index in [1.54, 1.807) is 11.0 Å². The molecule has 1 atom stereocenters. The van der Waals surface area contributed by atoms with Crippen molar-refractivity contribution < 1.29 is 0 Å². The molecule has 2 aromatic rings. The first kappa shape index (κ1) is 12.3. The molecule has 0 saturated carbocycles. The summed E-state index contributed by atoms with van der Waals surface area (Å²) in [6.07, 6.45) is 2.23. The van der Waals surface area contributed by atoms with Crippen LogP contribution in [0.25, 0.3) is 0 Å². The molecule has 1 aromatic carbocycles. The normalized spacial score (nSPS) is 12.7. The second-order valence-corrected chi connectivity index (χ2v) is 4.99. The smallest absolute Gasteiger partial charge is 0.138 e. The zero-order valence-corrected chi connectivity index (χ0v) is 11.5. The number of aryl methyl sites for hydroxylation is 2. The molecule has 1 unspecified atom stereocenters. The molecule has 0 spiro atoms. The molecule has 1 heterocycles. The van der Waals surface area contributed by atoms with Crippen LogP contribution in [0.1, 0.15) is 23.0 Å². The average Bonchev–Trinajstić information content (AvgIpc) is 2.68. The summed E-state index contributed by atoms with van der Waals surface area (Å²) in [5, 5.41) is 4.04. The van der Waals surface area contributed by atoms with Crippen molar-refractivity contribution in [1.29, 1.82) is 0 Å². The molecule has 0 aliphatic rings. The fourth-order valence-electron chi connectivity index (χ4n) is 1.76. The first-order valence-electron chi connectivity index (χ1n) is 5.42. The number of hydrogen-bond acceptors (Lipinski definition) is 3. The maximum atomic E-state index is 6.21. The summed E-state index contributed by atoms with van der Waals surface area (Å²) in [7, 11) is 1.88. The highest BCUT2D eigenvalue weighted by Gasteiger charge is 2.13. The second-order valence-electron chi connectivity index (χ2n) is 4.14. The van der Waals surface area contributed by atoms with Gasteiger partial charge in [0.25, 0.3) is 0 Å². The number of halogens is 1. The minimum absolute atomic E-state index is 0.0767. The van der Waals surface area contributed by atoms with Gasteiger partial charge in [-0.3, -0.25) is 4.68 Å². The lowest BCUT2D eigenvalue weighted by molar-refractivity contribution is 0.628. The fourth-order valence-corrected chi connectivity index (χ4v) is 2.30. The minimum atomic E-state index is -0.0767. The van der Waals surface area contributed by atoms with Crippen molar-refractivity contribution in [2.45, 2.75) is 19.4 Å². The highest BCUT2D eigenvalue weighted by molar-refractivity contribution is 9.10. The van der Waals surface area contributed by atoms with E-state index in [1.165, 1.54) is 5.56 Å². The van der Waals surface area contributed by atoms with Crippen molar-refractivity contribution in [2.24, 2.45) is 12.8 Å². The van der Waals surface area contributed by atoms with Gasteiger partial charge in [-0.05, 0) is 18.6 Å². The minimum Gasteiger partial charge on any atom is -0.324 e. The molecule has 5 heteroatoms. The quantitative estimate of drug-likeness (QED) is 0.943. The summed E-state index contributed by atoms with van der Waals surface area (Å²) in [5.41, 5.74) is 8.52. The molecule has 0 radical (unpaired) electrons. The van der Waals surface area contributed by atoms with Gasteiger partial charge in [-0.15, -0.1) is 0 Å². The van der Waals surface area contributed by atoms with Gasteiger partial charge in [0, 0.05) is 24.0 Å². The predicted molar refractivity (Wildman–Crippen MR) is 70.5 cm³/mol. The standard InChI is InChI=1S/C12H15BrN4/c1-8-3-4-10(13)9(5-8)11(14)6-12-15-7-16-17(12)2/h3-5,7,11H,6,14H2,1-2H3. The first-order valence-corrected chi connectivity index (χ1v) is 6.21. The SMILES string of the molecule is Cc1ccc(Br)c(C(N)Cc2ncnn2C)c1. The Morgan fingerprint density at radius 2 is 2.24 bits per heavy atom. The Kier molecular flexibility index (Phi) is 3.59. The third kappa shape index (κ3) is 2.73. The third-order valence-electron chi connectivity index (χ3n) is 2.76. The summed E-state index contributed by atoms with van der Waals surface area (Å²) in [5.74, 6) is 0.894. The van der Waals surface area contributed by atoms with Gasteiger partial charge in [0.2, 0.25) is 0 Å². The lowest BCUT2D eigenvalue weighted by Gasteiger charge is -2.14. The Hall–Kier alpha value is -1.20. The zero-order valence-electron chi connectivity index (χ0n) is 9.89. The Bertz CT molecular complexity index is 521. The molecule has 2 rings (SSSR count). The number of rotatable bonds is 3. The van der Waals surface area contributed by atoms with Crippen molar-refractivity contribution >= 4 is 15.9 Å². The molecule has 0 aliphatic carbocycles. The molecule has 0 fully saturated rings. The number of nitrogens with two attached hydrogens (primary N) is 1. The van der Waals surface area contributed by atoms with E-state index in [0.717, 1.165) is 15.9 Å². The predicted octanol–water partition coefficient (Wildman–Crippen LogP) is 2.13. The van der Waals surface area contributed by atoms with E-state index in [1.807, 2.05) is 13.1 Å². The molecule has 0 amide bonds. The Labute approximate surface area is 109 Å². The summed E-state index contributed by atoms with van der Waals surface area (Å²) in [4.78, 5) is 4.19. The second kappa shape index (κ2) is 4.98. The highest BCUT2D eigenvalue weighted by Crippen LogP contribution is 2.25. The van der Waals surface area contributed by atoms with Crippen LogP contribution >= 0.6 is 15.9 Å². The number of benzene rings is 1. The van der Waals surface area contributed by atoms with Gasteiger partial charge in [0.05, 0.1) is 0 Å². The summed E-state index contributed by atoms with van der Waals surface area (Å²) in [6.45, 7) is 2.06. The lowest BCUT2D eigenvalue weighted by atomic mass is 10.0. The van der Waals surface area contributed by atoms with Gasteiger partial charge in [-0.1, -0.05) is 33.6 Å². The molecular weight excluding hydrogens is 280 g/mol. The van der Waals surface area contributed by atoms with Gasteiger partial charge in [-0.2, -0.15) is 5.10 Å². The van der Waals surface area contributed by atoms with E-state index in [4.69, 9.17) is 5.73 Å². The van der Waals surface area contributed by atoms with Crippen molar-refractivity contribution in [3.63, 3.8) is 0 Å². The number of hydrogen-bond donors (Lipinski definition) is 1. The van der Waals surface area contributed by atoms with Crippen LogP contribution in [-0.4, -0.2) is 14.8 Å². The summed E-state index contributed by atoms with van der Waals surface area (Å²) >= 11 is 3.53. The highest BCUT2D eigenvalue weighted by atomic mass is 79.9. The van der Waals surface area contributed by atoms with Crippen LogP contribution in [0.5, 0.6) is 0 Å². The van der Waals surface area contributed by atoms with E-state index in [0.29, 0.717) is 6.42 Å². The Morgan fingerprint density at radius 1 is 1.47 bits per heavy atom. The van der Waals surface area contributed by atoms with E-state index in [9.17, 15) is 0 Å². The van der Waals surface area contributed by atoms with Crippen LogP contribution in [0.2, 0.25) is 0 Å². The lowest BCUT2D eigenvalue weighted by Crippen LogP contribution is -2.16. The fraction of sp³-hybridized carbons (Fsp3) is 0.333. The Balaban J connectivity index is 2.23. The van der Waals surface area contributed by atoms with Gasteiger partial charge >= 0.3 is 0 Å². The third-order valence-corrected chi connectivity index (χ3v) is 3.48. The maximum Gasteiger partial charge on any atom is 0.138 e. The Morgan fingerprint density at radius 3 is 2.88 bits per heavy atom. The molecule has 4 nitrogen and oxygen atoms in total. The van der Waals surface area contributed by atoms with Crippen LogP contribution < -0.4 is 5.73 Å². The summed E-state index contributed by atoms with van der Waals surface area (Å²) < 4.78 is 2.79. The van der Waals surface area contributed by atoms with Gasteiger partial charge < -0.3 is 5.73 Å². The van der Waals surface area contributed by atoms with Gasteiger partial charge in [0.1, 0.15) is 12.2 Å². The number of nitrogens with zero attached hydrogens (tertiary/aromatic N) is 3. The molecule has 90 valence electrons. The van der Waals surface area contributed by atoms with Crippen molar-refractivity contribution in [2.75, 3.05) is 0 Å². The van der Waals surface area contributed by atoms with Crippen molar-refractivity contribution in [1.82, 2.24) is 14.8 Å². The maximum absolute atomic E-state index is 6.21. The van der Waals surface area contributed by atoms with Crippen LogP contribution in [0.4, 0.5) is 0 Å². The molecule has 1 aromatic heterocycles. The monoisotopic (exact) mass is 294 g/mol. The van der Waals surface area contributed by atoms with Crippen molar-refractivity contribution in [3.8, 4) is 0 Å². The molecule has 17 heavy (non-hydrogen) atoms. The average molecular weight is 295 g/mol. The molecular formula is C12H15BrN4. The first-order chi connectivity index (χ1) is 8.08. The van der Waals surface area contributed by atoms with Crippen LogP contribution in [0.3, 0.4) is 0 Å². The van der Waals surface area contributed by atoms with E-state index < -0.39 is 0 Å². The molecule has 2 N–H and O–H groups in total. The number of aromatic nitrogens is 3. The van der Waals surface area contributed by atoms with Crippen molar-refractivity contribution in [3.05, 3.63) is 46.0 Å². The van der Waals surface area contributed by atoms with E-state index in [2.05, 4.69) is 45.1 Å². The molecule has 0 saturated heterocycles. The van der Waals surface area contributed by atoms with Gasteiger partial charge in [0.15, 0.2) is 0 Å². The largest absolute Gasteiger partial charge is 0.324 e. The van der Waals surface area contributed by atoms with E-state index >= 15 is 0 Å².